The number of carbonyl (C=O) groups excluding carboxylic acids is 1. The van der Waals surface area contributed by atoms with Crippen LogP contribution in [0.2, 0.25) is 0 Å². The quantitative estimate of drug-likeness (QED) is 0.870. The summed E-state index contributed by atoms with van der Waals surface area (Å²) in [7, 11) is 1.76. The second kappa shape index (κ2) is 9.30. The van der Waals surface area contributed by atoms with Gasteiger partial charge in [0.05, 0.1) is 0 Å². The fourth-order valence-electron chi connectivity index (χ4n) is 2.25. The Morgan fingerprint density at radius 1 is 1.21 bits per heavy atom. The molecular weight excluding hydrogens is 324 g/mol. The van der Waals surface area contributed by atoms with Crippen molar-refractivity contribution >= 4 is 18.3 Å². The van der Waals surface area contributed by atoms with Gasteiger partial charge in [-0.2, -0.15) is 0 Å². The number of benzene rings is 2. The van der Waals surface area contributed by atoms with Crippen molar-refractivity contribution in [1.82, 2.24) is 4.90 Å². The Morgan fingerprint density at radius 2 is 1.92 bits per heavy atom. The Morgan fingerprint density at radius 3 is 2.58 bits per heavy atom. The predicted octanol–water partition coefficient (Wildman–Crippen LogP) is 3.42. The Hall–Kier alpha value is -2.04. The molecule has 0 heterocycles. The Labute approximate surface area is 150 Å². The van der Waals surface area contributed by atoms with Gasteiger partial charge < -0.3 is 15.4 Å². The summed E-state index contributed by atoms with van der Waals surface area (Å²) < 4.78 is 5.81. The molecule has 0 fully saturated rings. The molecule has 0 radical (unpaired) electrons. The molecule has 2 aromatic carbocycles. The zero-order valence-corrected chi connectivity index (χ0v) is 15.2. The van der Waals surface area contributed by atoms with Crippen molar-refractivity contribution in [3.8, 4) is 5.75 Å². The molecule has 1 atom stereocenters. The molecule has 0 aliphatic heterocycles. The van der Waals surface area contributed by atoms with Gasteiger partial charge in [0.15, 0.2) is 0 Å². The molecule has 1 unspecified atom stereocenters. The van der Waals surface area contributed by atoms with Crippen LogP contribution in [0.4, 0.5) is 0 Å². The Bertz CT molecular complexity index is 676. The normalized spacial score (nSPS) is 11.3. The van der Waals surface area contributed by atoms with Crippen LogP contribution >= 0.6 is 12.4 Å². The van der Waals surface area contributed by atoms with Gasteiger partial charge in [0.25, 0.3) is 5.91 Å². The third-order valence-corrected chi connectivity index (χ3v) is 3.89. The van der Waals surface area contributed by atoms with Crippen LogP contribution in [0.1, 0.15) is 28.4 Å². The van der Waals surface area contributed by atoms with E-state index >= 15 is 0 Å². The number of nitrogens with two attached hydrogens (primary N) is 1. The van der Waals surface area contributed by atoms with Crippen LogP contribution in [0.25, 0.3) is 0 Å². The van der Waals surface area contributed by atoms with E-state index in [0.29, 0.717) is 24.5 Å². The van der Waals surface area contributed by atoms with Gasteiger partial charge in [-0.15, -0.1) is 12.4 Å². The Kier molecular flexibility index (Phi) is 7.75. The highest BCUT2D eigenvalue weighted by Crippen LogP contribution is 2.17. The SMILES string of the molecule is Cc1cccc(COc2cccc(C(=O)N(C)C(C)CN)c2)c1.Cl. The van der Waals surface area contributed by atoms with Crippen LogP contribution < -0.4 is 10.5 Å². The van der Waals surface area contributed by atoms with Crippen LogP contribution in [-0.4, -0.2) is 30.4 Å². The largest absolute Gasteiger partial charge is 0.489 e. The highest BCUT2D eigenvalue weighted by Gasteiger charge is 2.16. The molecule has 2 aromatic rings. The number of aryl methyl sites for hydroxylation is 1. The van der Waals surface area contributed by atoms with Crippen LogP contribution in [-0.2, 0) is 6.61 Å². The fraction of sp³-hybridized carbons (Fsp3) is 0.316. The maximum absolute atomic E-state index is 12.4. The second-order valence-corrected chi connectivity index (χ2v) is 5.81. The van der Waals surface area contributed by atoms with E-state index in [1.807, 2.05) is 31.2 Å². The maximum atomic E-state index is 12.4. The molecule has 0 bridgehead atoms. The first-order valence-electron chi connectivity index (χ1n) is 7.77. The summed E-state index contributed by atoms with van der Waals surface area (Å²) in [6.07, 6.45) is 0. The minimum Gasteiger partial charge on any atom is -0.489 e. The number of carbonyl (C=O) groups is 1. The van der Waals surface area contributed by atoms with E-state index in [0.717, 1.165) is 5.56 Å². The van der Waals surface area contributed by atoms with Crippen molar-refractivity contribution in [2.24, 2.45) is 5.73 Å². The average molecular weight is 349 g/mol. The molecular formula is C19H25ClN2O2. The summed E-state index contributed by atoms with van der Waals surface area (Å²) in [5.41, 5.74) is 8.54. The first kappa shape index (κ1) is 20.0. The lowest BCUT2D eigenvalue weighted by molar-refractivity contribution is 0.0748. The number of halogens is 1. The smallest absolute Gasteiger partial charge is 0.254 e. The lowest BCUT2D eigenvalue weighted by Gasteiger charge is -2.23. The van der Waals surface area contributed by atoms with Gasteiger partial charge in [-0.05, 0) is 37.6 Å². The second-order valence-electron chi connectivity index (χ2n) is 5.81. The zero-order chi connectivity index (χ0) is 16.8. The molecule has 4 nitrogen and oxygen atoms in total. The molecule has 0 aliphatic carbocycles. The lowest BCUT2D eigenvalue weighted by Crippen LogP contribution is -2.39. The average Bonchev–Trinajstić information content (AvgIpc) is 2.58. The van der Waals surface area contributed by atoms with Gasteiger partial charge in [0, 0.05) is 25.2 Å². The first-order valence-corrected chi connectivity index (χ1v) is 7.77. The number of ether oxygens (including phenoxy) is 1. The van der Waals surface area contributed by atoms with Gasteiger partial charge in [-0.3, -0.25) is 4.79 Å². The molecule has 0 saturated carbocycles. The molecule has 24 heavy (non-hydrogen) atoms. The van der Waals surface area contributed by atoms with Gasteiger partial charge in [-0.25, -0.2) is 0 Å². The first-order chi connectivity index (χ1) is 11.0. The van der Waals surface area contributed by atoms with Gasteiger partial charge >= 0.3 is 0 Å². The highest BCUT2D eigenvalue weighted by molar-refractivity contribution is 5.94. The predicted molar refractivity (Wildman–Crippen MR) is 99.8 cm³/mol. The van der Waals surface area contributed by atoms with Crippen molar-refractivity contribution in [2.45, 2.75) is 26.5 Å². The lowest BCUT2D eigenvalue weighted by atomic mass is 10.1. The monoisotopic (exact) mass is 348 g/mol. The number of amides is 1. The summed E-state index contributed by atoms with van der Waals surface area (Å²) in [5, 5.41) is 0. The van der Waals surface area contributed by atoms with E-state index in [2.05, 4.69) is 19.1 Å². The van der Waals surface area contributed by atoms with E-state index in [1.165, 1.54) is 5.56 Å². The molecule has 0 aromatic heterocycles. The van der Waals surface area contributed by atoms with Crippen LogP contribution in [0.15, 0.2) is 48.5 Å². The maximum Gasteiger partial charge on any atom is 0.254 e. The topological polar surface area (TPSA) is 55.6 Å². The highest BCUT2D eigenvalue weighted by atomic mass is 35.5. The molecule has 1 amide bonds. The summed E-state index contributed by atoms with van der Waals surface area (Å²) in [5.74, 6) is 0.634. The summed E-state index contributed by atoms with van der Waals surface area (Å²) in [6.45, 7) is 4.90. The molecule has 2 N–H and O–H groups in total. The van der Waals surface area contributed by atoms with E-state index in [-0.39, 0.29) is 24.4 Å². The minimum absolute atomic E-state index is 0. The summed E-state index contributed by atoms with van der Waals surface area (Å²) >= 11 is 0. The van der Waals surface area contributed by atoms with Gasteiger partial charge in [-0.1, -0.05) is 35.9 Å². The van der Waals surface area contributed by atoms with Crippen molar-refractivity contribution < 1.29 is 9.53 Å². The van der Waals surface area contributed by atoms with Gasteiger partial charge in [0.2, 0.25) is 0 Å². The Balaban J connectivity index is 0.00000288. The summed E-state index contributed by atoms with van der Waals surface area (Å²) in [4.78, 5) is 14.1. The zero-order valence-electron chi connectivity index (χ0n) is 14.4. The van der Waals surface area contributed by atoms with Crippen molar-refractivity contribution in [3.63, 3.8) is 0 Å². The summed E-state index contributed by atoms with van der Waals surface area (Å²) in [6, 6.07) is 15.4. The number of nitrogens with zero attached hydrogens (tertiary/aromatic N) is 1. The molecule has 5 heteroatoms. The number of rotatable bonds is 6. The fourth-order valence-corrected chi connectivity index (χ4v) is 2.25. The van der Waals surface area contributed by atoms with Crippen LogP contribution in [0, 0.1) is 6.92 Å². The third kappa shape index (κ3) is 5.25. The molecule has 0 aliphatic rings. The van der Waals surface area contributed by atoms with Crippen molar-refractivity contribution in [3.05, 3.63) is 65.2 Å². The molecule has 2 rings (SSSR count). The third-order valence-electron chi connectivity index (χ3n) is 3.89. The van der Waals surface area contributed by atoms with Crippen molar-refractivity contribution in [1.29, 1.82) is 0 Å². The standard InChI is InChI=1S/C19H24N2O2.ClH/c1-14-6-4-7-16(10-14)13-23-18-9-5-8-17(11-18)19(22)21(3)15(2)12-20;/h4-11,15H,12-13,20H2,1-3H3;1H. The minimum atomic E-state index is -0.0519. The van der Waals surface area contributed by atoms with Gasteiger partial charge in [0.1, 0.15) is 12.4 Å². The van der Waals surface area contributed by atoms with E-state index in [9.17, 15) is 4.79 Å². The van der Waals surface area contributed by atoms with Crippen molar-refractivity contribution in [2.75, 3.05) is 13.6 Å². The van der Waals surface area contributed by atoms with Crippen LogP contribution in [0.5, 0.6) is 5.75 Å². The molecule has 0 saturated heterocycles. The molecule has 130 valence electrons. The number of hydrogen-bond acceptors (Lipinski definition) is 3. The number of likely N-dealkylation sites (N-methyl/N-ethyl adjacent to an activating group) is 1. The van der Waals surface area contributed by atoms with E-state index in [1.54, 1.807) is 24.1 Å². The number of hydrogen-bond donors (Lipinski definition) is 1. The van der Waals surface area contributed by atoms with E-state index < -0.39 is 0 Å². The van der Waals surface area contributed by atoms with Crippen LogP contribution in [0.3, 0.4) is 0 Å². The van der Waals surface area contributed by atoms with E-state index in [4.69, 9.17) is 10.5 Å². The molecule has 0 spiro atoms.